The molecule has 0 aliphatic carbocycles. The van der Waals surface area contributed by atoms with Gasteiger partial charge in [-0.25, -0.2) is 8.42 Å². The van der Waals surface area contributed by atoms with Crippen LogP contribution in [0, 0.1) is 12.8 Å². The largest absolute Gasteiger partial charge is 0.361 e. The molecule has 1 saturated heterocycles. The number of nitrogens with one attached hydrogen (secondary N) is 3. The summed E-state index contributed by atoms with van der Waals surface area (Å²) in [5.74, 6) is -0.768. The number of aryl methyl sites for hydroxylation is 1. The summed E-state index contributed by atoms with van der Waals surface area (Å²) >= 11 is 0. The minimum absolute atomic E-state index is 0.211. The lowest BCUT2D eigenvalue weighted by Crippen LogP contribution is -2.49. The number of rotatable bonds is 8. The van der Waals surface area contributed by atoms with Crippen molar-refractivity contribution in [3.05, 3.63) is 65.9 Å². The molecule has 1 atom stereocenters. The molecule has 0 spiro atoms. The van der Waals surface area contributed by atoms with Gasteiger partial charge < -0.3 is 15.6 Å². The Hall–Kier alpha value is -3.17. The van der Waals surface area contributed by atoms with E-state index in [1.807, 2.05) is 37.4 Å². The highest BCUT2D eigenvalue weighted by Crippen LogP contribution is 2.24. The third-order valence-electron chi connectivity index (χ3n) is 6.60. The molecule has 9 heteroatoms. The van der Waals surface area contributed by atoms with Gasteiger partial charge in [0.2, 0.25) is 21.8 Å². The second-order valence-corrected chi connectivity index (χ2v) is 11.1. The van der Waals surface area contributed by atoms with Crippen LogP contribution in [0.25, 0.3) is 10.9 Å². The highest BCUT2D eigenvalue weighted by atomic mass is 32.2. The Morgan fingerprint density at radius 3 is 2.49 bits per heavy atom. The monoisotopic (exact) mass is 496 g/mol. The highest BCUT2D eigenvalue weighted by Gasteiger charge is 2.32. The molecule has 8 nitrogen and oxygen atoms in total. The van der Waals surface area contributed by atoms with Gasteiger partial charge in [-0.3, -0.25) is 9.59 Å². The van der Waals surface area contributed by atoms with E-state index in [9.17, 15) is 18.0 Å². The molecule has 1 unspecified atom stereocenters. The Morgan fingerprint density at radius 2 is 1.77 bits per heavy atom. The predicted octanol–water partition coefficient (Wildman–Crippen LogP) is 2.74. The number of carbonyl (C=O) groups is 2. The Balaban J connectivity index is 1.23. The molecular weight excluding hydrogens is 464 g/mol. The lowest BCUT2D eigenvalue weighted by Gasteiger charge is -2.31. The Kier molecular flexibility index (Phi) is 7.57. The van der Waals surface area contributed by atoms with Crippen molar-refractivity contribution in [1.29, 1.82) is 0 Å². The summed E-state index contributed by atoms with van der Waals surface area (Å²) in [5.41, 5.74) is 3.19. The molecule has 186 valence electrons. The number of nitrogens with zero attached hydrogens (tertiary/aromatic N) is 1. The molecule has 0 saturated carbocycles. The van der Waals surface area contributed by atoms with Crippen LogP contribution in [-0.2, 0) is 26.0 Å². The summed E-state index contributed by atoms with van der Waals surface area (Å²) in [4.78, 5) is 28.7. The van der Waals surface area contributed by atoms with E-state index in [-0.39, 0.29) is 35.7 Å². The summed E-state index contributed by atoms with van der Waals surface area (Å²) in [6, 6.07) is 14.1. The maximum absolute atomic E-state index is 12.9. The number of fused-ring (bicyclic) bond motifs is 1. The van der Waals surface area contributed by atoms with Gasteiger partial charge >= 0.3 is 0 Å². The standard InChI is InChI=1S/C26H32N4O4S/c1-18-7-9-22(10-8-18)35(33,34)30-15-12-20(13-16-30)26(32)29-19(2)25(31)27-14-11-21-17-28-24-6-4-3-5-23(21)24/h3-10,17,19-20,28H,11-16H2,1-2H3,(H,27,31)(H,29,32). The summed E-state index contributed by atoms with van der Waals surface area (Å²) < 4.78 is 27.2. The van der Waals surface area contributed by atoms with E-state index < -0.39 is 16.1 Å². The molecule has 0 radical (unpaired) electrons. The number of H-pyrrole nitrogens is 1. The number of hydrogen-bond donors (Lipinski definition) is 3. The zero-order valence-corrected chi connectivity index (χ0v) is 20.9. The fourth-order valence-corrected chi connectivity index (χ4v) is 5.90. The zero-order valence-electron chi connectivity index (χ0n) is 20.1. The van der Waals surface area contributed by atoms with Crippen LogP contribution in [-0.4, -0.2) is 55.2 Å². The predicted molar refractivity (Wildman–Crippen MR) is 135 cm³/mol. The molecule has 2 heterocycles. The van der Waals surface area contributed by atoms with E-state index in [1.165, 1.54) is 4.31 Å². The number of benzene rings is 2. The van der Waals surface area contributed by atoms with Gasteiger partial charge in [0.05, 0.1) is 4.90 Å². The lowest BCUT2D eigenvalue weighted by molar-refractivity contribution is -0.131. The molecule has 3 N–H and O–H groups in total. The fraction of sp³-hybridized carbons (Fsp3) is 0.385. The number of piperidine rings is 1. The number of aromatic nitrogens is 1. The maximum atomic E-state index is 12.9. The first-order chi connectivity index (χ1) is 16.8. The van der Waals surface area contributed by atoms with E-state index in [2.05, 4.69) is 15.6 Å². The van der Waals surface area contributed by atoms with Crippen molar-refractivity contribution < 1.29 is 18.0 Å². The van der Waals surface area contributed by atoms with Crippen molar-refractivity contribution >= 4 is 32.7 Å². The summed E-state index contributed by atoms with van der Waals surface area (Å²) in [6.45, 7) is 4.59. The second kappa shape index (κ2) is 10.6. The fourth-order valence-electron chi connectivity index (χ4n) is 4.43. The van der Waals surface area contributed by atoms with E-state index in [0.29, 0.717) is 25.8 Å². The van der Waals surface area contributed by atoms with Gasteiger partial charge in [-0.05, 0) is 56.9 Å². The SMILES string of the molecule is Cc1ccc(S(=O)(=O)N2CCC(C(=O)NC(C)C(=O)NCCc3c[nH]c4ccccc34)CC2)cc1. The van der Waals surface area contributed by atoms with Gasteiger partial charge in [-0.15, -0.1) is 0 Å². The molecule has 3 aromatic rings. The van der Waals surface area contributed by atoms with Gasteiger partial charge in [0.25, 0.3) is 0 Å². The van der Waals surface area contributed by atoms with Crippen molar-refractivity contribution in [2.24, 2.45) is 5.92 Å². The van der Waals surface area contributed by atoms with E-state index in [0.717, 1.165) is 22.0 Å². The topological polar surface area (TPSA) is 111 Å². The molecule has 1 aliphatic rings. The average Bonchev–Trinajstić information content (AvgIpc) is 3.27. The van der Waals surface area contributed by atoms with Crippen LogP contribution in [0.3, 0.4) is 0 Å². The number of para-hydroxylation sites is 1. The van der Waals surface area contributed by atoms with Crippen molar-refractivity contribution in [2.45, 2.75) is 44.0 Å². The van der Waals surface area contributed by atoms with E-state index in [1.54, 1.807) is 31.2 Å². The molecule has 1 aliphatic heterocycles. The van der Waals surface area contributed by atoms with Crippen molar-refractivity contribution in [3.63, 3.8) is 0 Å². The number of amides is 2. The third kappa shape index (κ3) is 5.74. The van der Waals surface area contributed by atoms with Crippen LogP contribution >= 0.6 is 0 Å². The molecule has 35 heavy (non-hydrogen) atoms. The van der Waals surface area contributed by atoms with E-state index >= 15 is 0 Å². The van der Waals surface area contributed by atoms with Gasteiger partial charge in [0, 0.05) is 42.7 Å². The Bertz CT molecular complexity index is 1290. The molecule has 2 aromatic carbocycles. The first-order valence-corrected chi connectivity index (χ1v) is 13.4. The molecule has 4 rings (SSSR count). The van der Waals surface area contributed by atoms with Crippen LogP contribution in [0.1, 0.15) is 30.9 Å². The minimum Gasteiger partial charge on any atom is -0.361 e. The zero-order chi connectivity index (χ0) is 25.0. The normalized spacial score (nSPS) is 16.2. The molecule has 0 bridgehead atoms. The number of carbonyl (C=O) groups excluding carboxylic acids is 2. The van der Waals surface area contributed by atoms with E-state index in [4.69, 9.17) is 0 Å². The van der Waals surface area contributed by atoms with Crippen molar-refractivity contribution in [2.75, 3.05) is 19.6 Å². The molecular formula is C26H32N4O4S. The summed E-state index contributed by atoms with van der Waals surface area (Å²) in [5, 5.41) is 6.81. The number of hydrogen-bond acceptors (Lipinski definition) is 4. The Morgan fingerprint density at radius 1 is 1.09 bits per heavy atom. The average molecular weight is 497 g/mol. The first kappa shape index (κ1) is 24.9. The van der Waals surface area contributed by atoms with Crippen LogP contribution in [0.4, 0.5) is 0 Å². The maximum Gasteiger partial charge on any atom is 0.243 e. The first-order valence-electron chi connectivity index (χ1n) is 12.0. The van der Waals surface area contributed by atoms with Gasteiger partial charge in [-0.2, -0.15) is 4.31 Å². The van der Waals surface area contributed by atoms with Crippen LogP contribution in [0.15, 0.2) is 59.6 Å². The van der Waals surface area contributed by atoms with Crippen molar-refractivity contribution in [1.82, 2.24) is 19.9 Å². The van der Waals surface area contributed by atoms with Gasteiger partial charge in [0.15, 0.2) is 0 Å². The summed E-state index contributed by atoms with van der Waals surface area (Å²) in [7, 11) is -3.57. The van der Waals surface area contributed by atoms with Gasteiger partial charge in [0.1, 0.15) is 6.04 Å². The Labute approximate surface area is 206 Å². The van der Waals surface area contributed by atoms with Crippen molar-refractivity contribution in [3.8, 4) is 0 Å². The van der Waals surface area contributed by atoms with Gasteiger partial charge in [-0.1, -0.05) is 35.9 Å². The number of sulfonamides is 1. The third-order valence-corrected chi connectivity index (χ3v) is 8.52. The quantitative estimate of drug-likeness (QED) is 0.445. The van der Waals surface area contributed by atoms with Crippen LogP contribution in [0.5, 0.6) is 0 Å². The summed E-state index contributed by atoms with van der Waals surface area (Å²) in [6.07, 6.45) is 3.48. The molecule has 1 fully saturated rings. The van der Waals surface area contributed by atoms with Crippen LogP contribution < -0.4 is 10.6 Å². The highest BCUT2D eigenvalue weighted by molar-refractivity contribution is 7.89. The minimum atomic E-state index is -3.57. The number of aromatic amines is 1. The molecule has 2 amide bonds. The molecule has 1 aromatic heterocycles. The smallest absolute Gasteiger partial charge is 0.243 e. The van der Waals surface area contributed by atoms with Crippen LogP contribution in [0.2, 0.25) is 0 Å². The lowest BCUT2D eigenvalue weighted by atomic mass is 9.97. The second-order valence-electron chi connectivity index (χ2n) is 9.12.